The van der Waals surface area contributed by atoms with Gasteiger partial charge in [-0.2, -0.15) is 5.10 Å². The first-order valence-corrected chi connectivity index (χ1v) is 5.87. The Bertz CT molecular complexity index is 365. The molecule has 0 radical (unpaired) electrons. The predicted molar refractivity (Wildman–Crippen MR) is 64.1 cm³/mol. The van der Waals surface area contributed by atoms with Gasteiger partial charge in [-0.1, -0.05) is 0 Å². The third kappa shape index (κ3) is 3.64. The molecule has 0 aliphatic carbocycles. The van der Waals surface area contributed by atoms with E-state index in [9.17, 15) is 0 Å². The molecule has 1 atom stereocenters. The van der Waals surface area contributed by atoms with Gasteiger partial charge in [-0.3, -0.25) is 0 Å². The van der Waals surface area contributed by atoms with Gasteiger partial charge in [0, 0.05) is 19.2 Å². The van der Waals surface area contributed by atoms with Crippen molar-refractivity contribution in [2.24, 2.45) is 0 Å². The molecule has 1 N–H and O–H groups in total. The van der Waals surface area contributed by atoms with E-state index in [2.05, 4.69) is 29.4 Å². The minimum atomic E-state index is -0.134. The smallest absolute Gasteiger partial charge is 0.233 e. The number of aromatic nitrogens is 2. The Balaban J connectivity index is 1.84. The first kappa shape index (κ1) is 12.3. The van der Waals surface area contributed by atoms with Gasteiger partial charge in [-0.05, 0) is 26.8 Å². The number of morpholine rings is 1. The van der Waals surface area contributed by atoms with Crippen LogP contribution in [0, 0.1) is 6.92 Å². The standard InChI is InChI=1S/C12H19N3O2/c1-9-4-5-11(15-14-9)16-7-10-6-13-8-12(2,3)17-10/h4-5,10,13H,6-8H2,1-3H3. The van der Waals surface area contributed by atoms with Crippen molar-refractivity contribution in [2.75, 3.05) is 19.7 Å². The topological polar surface area (TPSA) is 56.3 Å². The largest absolute Gasteiger partial charge is 0.474 e. The van der Waals surface area contributed by atoms with E-state index < -0.39 is 0 Å². The molecule has 17 heavy (non-hydrogen) atoms. The van der Waals surface area contributed by atoms with Crippen molar-refractivity contribution in [3.05, 3.63) is 17.8 Å². The van der Waals surface area contributed by atoms with Crippen LogP contribution in [0.1, 0.15) is 19.5 Å². The van der Waals surface area contributed by atoms with Crippen LogP contribution >= 0.6 is 0 Å². The lowest BCUT2D eigenvalue weighted by atomic mass is 10.1. The molecule has 0 bridgehead atoms. The molecule has 0 spiro atoms. The molecular formula is C12H19N3O2. The van der Waals surface area contributed by atoms with Gasteiger partial charge in [0.2, 0.25) is 5.88 Å². The summed E-state index contributed by atoms with van der Waals surface area (Å²) >= 11 is 0. The number of rotatable bonds is 3. The molecule has 5 heteroatoms. The van der Waals surface area contributed by atoms with Crippen LogP contribution in [0.4, 0.5) is 0 Å². The summed E-state index contributed by atoms with van der Waals surface area (Å²) in [6, 6.07) is 3.70. The lowest BCUT2D eigenvalue weighted by molar-refractivity contribution is -0.107. The third-order valence-electron chi connectivity index (χ3n) is 2.60. The normalized spacial score (nSPS) is 23.4. The van der Waals surface area contributed by atoms with E-state index >= 15 is 0 Å². The number of aryl methyl sites for hydroxylation is 1. The van der Waals surface area contributed by atoms with Crippen LogP contribution in [0.25, 0.3) is 0 Å². The molecule has 1 unspecified atom stereocenters. The van der Waals surface area contributed by atoms with E-state index in [0.29, 0.717) is 12.5 Å². The molecular weight excluding hydrogens is 218 g/mol. The van der Waals surface area contributed by atoms with E-state index in [-0.39, 0.29) is 11.7 Å². The van der Waals surface area contributed by atoms with Crippen molar-refractivity contribution in [3.8, 4) is 5.88 Å². The highest BCUT2D eigenvalue weighted by atomic mass is 16.6. The maximum Gasteiger partial charge on any atom is 0.233 e. The Hall–Kier alpha value is -1.20. The first-order chi connectivity index (χ1) is 8.05. The quantitative estimate of drug-likeness (QED) is 0.847. The summed E-state index contributed by atoms with van der Waals surface area (Å²) in [4.78, 5) is 0. The molecule has 94 valence electrons. The molecule has 5 nitrogen and oxygen atoms in total. The molecule has 1 fully saturated rings. The second-order valence-corrected chi connectivity index (χ2v) is 4.95. The van der Waals surface area contributed by atoms with Gasteiger partial charge in [0.15, 0.2) is 0 Å². The van der Waals surface area contributed by atoms with E-state index in [0.717, 1.165) is 18.8 Å². The number of ether oxygens (including phenoxy) is 2. The highest BCUT2D eigenvalue weighted by Crippen LogP contribution is 2.16. The van der Waals surface area contributed by atoms with Crippen molar-refractivity contribution in [1.82, 2.24) is 15.5 Å². The Kier molecular flexibility index (Phi) is 3.59. The summed E-state index contributed by atoms with van der Waals surface area (Å²) in [5.74, 6) is 0.544. The zero-order chi connectivity index (χ0) is 12.3. The molecule has 2 rings (SSSR count). The molecule has 1 aliphatic rings. The Labute approximate surface area is 102 Å². The summed E-state index contributed by atoms with van der Waals surface area (Å²) < 4.78 is 11.4. The highest BCUT2D eigenvalue weighted by Gasteiger charge is 2.28. The fourth-order valence-corrected chi connectivity index (χ4v) is 1.80. The maximum absolute atomic E-state index is 5.88. The third-order valence-corrected chi connectivity index (χ3v) is 2.60. The number of hydrogen-bond acceptors (Lipinski definition) is 5. The molecule has 0 saturated carbocycles. The van der Waals surface area contributed by atoms with Crippen LogP contribution in [0.15, 0.2) is 12.1 Å². The van der Waals surface area contributed by atoms with Crippen molar-refractivity contribution in [3.63, 3.8) is 0 Å². The minimum Gasteiger partial charge on any atom is -0.474 e. The van der Waals surface area contributed by atoms with Crippen LogP contribution in [-0.4, -0.2) is 41.6 Å². The van der Waals surface area contributed by atoms with Crippen LogP contribution in [-0.2, 0) is 4.74 Å². The number of nitrogens with one attached hydrogen (secondary N) is 1. The van der Waals surface area contributed by atoms with Crippen molar-refractivity contribution < 1.29 is 9.47 Å². The molecule has 1 aromatic heterocycles. The lowest BCUT2D eigenvalue weighted by Crippen LogP contribution is -2.52. The molecule has 1 saturated heterocycles. The summed E-state index contributed by atoms with van der Waals surface area (Å²) in [7, 11) is 0. The van der Waals surface area contributed by atoms with Gasteiger partial charge < -0.3 is 14.8 Å². The van der Waals surface area contributed by atoms with Crippen LogP contribution in [0.2, 0.25) is 0 Å². The summed E-state index contributed by atoms with van der Waals surface area (Å²) in [5.41, 5.74) is 0.750. The number of hydrogen-bond donors (Lipinski definition) is 1. The second kappa shape index (κ2) is 4.98. The van der Waals surface area contributed by atoms with Gasteiger partial charge in [0.05, 0.1) is 11.3 Å². The molecule has 1 aliphatic heterocycles. The highest BCUT2D eigenvalue weighted by molar-refractivity contribution is 5.10. The summed E-state index contributed by atoms with van der Waals surface area (Å²) in [5, 5.41) is 11.2. The van der Waals surface area contributed by atoms with Gasteiger partial charge >= 0.3 is 0 Å². The van der Waals surface area contributed by atoms with Gasteiger partial charge in [-0.15, -0.1) is 5.10 Å². The van der Waals surface area contributed by atoms with Crippen LogP contribution in [0.5, 0.6) is 5.88 Å². The van der Waals surface area contributed by atoms with Gasteiger partial charge in [-0.25, -0.2) is 0 Å². The zero-order valence-corrected chi connectivity index (χ0v) is 10.6. The molecule has 0 amide bonds. The monoisotopic (exact) mass is 237 g/mol. The van der Waals surface area contributed by atoms with E-state index in [1.807, 2.05) is 19.1 Å². The second-order valence-electron chi connectivity index (χ2n) is 4.95. The van der Waals surface area contributed by atoms with Crippen LogP contribution in [0.3, 0.4) is 0 Å². The average molecular weight is 237 g/mol. The fraction of sp³-hybridized carbons (Fsp3) is 0.667. The van der Waals surface area contributed by atoms with Gasteiger partial charge in [0.1, 0.15) is 12.7 Å². The number of nitrogens with zero attached hydrogens (tertiary/aromatic N) is 2. The average Bonchev–Trinajstić information content (AvgIpc) is 2.27. The zero-order valence-electron chi connectivity index (χ0n) is 10.6. The van der Waals surface area contributed by atoms with Crippen LogP contribution < -0.4 is 10.1 Å². The molecule has 0 aromatic carbocycles. The fourth-order valence-electron chi connectivity index (χ4n) is 1.80. The SMILES string of the molecule is Cc1ccc(OCC2CNCC(C)(C)O2)nn1. The summed E-state index contributed by atoms with van der Waals surface area (Å²) in [6.07, 6.45) is 0.0573. The Morgan fingerprint density at radius 2 is 2.29 bits per heavy atom. The Morgan fingerprint density at radius 1 is 1.47 bits per heavy atom. The van der Waals surface area contributed by atoms with Crippen molar-refractivity contribution in [2.45, 2.75) is 32.5 Å². The van der Waals surface area contributed by atoms with Crippen molar-refractivity contribution >= 4 is 0 Å². The van der Waals surface area contributed by atoms with Gasteiger partial charge in [0.25, 0.3) is 0 Å². The first-order valence-electron chi connectivity index (χ1n) is 5.87. The van der Waals surface area contributed by atoms with E-state index in [1.165, 1.54) is 0 Å². The van der Waals surface area contributed by atoms with Crippen molar-refractivity contribution in [1.29, 1.82) is 0 Å². The van der Waals surface area contributed by atoms with E-state index in [1.54, 1.807) is 0 Å². The Morgan fingerprint density at radius 3 is 2.94 bits per heavy atom. The maximum atomic E-state index is 5.88. The molecule has 1 aromatic rings. The molecule has 2 heterocycles. The lowest BCUT2D eigenvalue weighted by Gasteiger charge is -2.36. The minimum absolute atomic E-state index is 0.0573. The van der Waals surface area contributed by atoms with E-state index in [4.69, 9.17) is 9.47 Å². The predicted octanol–water partition coefficient (Wildman–Crippen LogP) is 0.931. The summed E-state index contributed by atoms with van der Waals surface area (Å²) in [6.45, 7) is 8.20.